The van der Waals surface area contributed by atoms with Gasteiger partial charge >= 0.3 is 0 Å². The van der Waals surface area contributed by atoms with Gasteiger partial charge in [-0.2, -0.15) is 0 Å². The van der Waals surface area contributed by atoms with Crippen molar-refractivity contribution in [2.45, 2.75) is 33.2 Å². The summed E-state index contributed by atoms with van der Waals surface area (Å²) in [5, 5.41) is 3.44. The van der Waals surface area contributed by atoms with Crippen molar-refractivity contribution >= 4 is 15.9 Å². The van der Waals surface area contributed by atoms with E-state index in [1.54, 1.807) is 0 Å². The topological polar surface area (TPSA) is 30.5 Å². The second kappa shape index (κ2) is 8.01. The molecule has 1 aliphatic rings. The van der Waals surface area contributed by atoms with Gasteiger partial charge in [0.1, 0.15) is 5.75 Å². The number of halogens is 1. The van der Waals surface area contributed by atoms with Gasteiger partial charge in [0.05, 0.1) is 6.61 Å². The summed E-state index contributed by atoms with van der Waals surface area (Å²) in [7, 11) is 0. The van der Waals surface area contributed by atoms with Gasteiger partial charge in [0, 0.05) is 11.0 Å². The van der Waals surface area contributed by atoms with Crippen LogP contribution in [0.3, 0.4) is 0 Å². The summed E-state index contributed by atoms with van der Waals surface area (Å²) in [5.41, 5.74) is 1.21. The Balaban J connectivity index is 1.76. The Bertz CT molecular complexity index is 419. The van der Waals surface area contributed by atoms with Gasteiger partial charge in [-0.25, -0.2) is 0 Å². The molecular formula is C16H24BrNO2. The predicted octanol–water partition coefficient (Wildman–Crippen LogP) is 3.96. The zero-order chi connectivity index (χ0) is 14.4. The van der Waals surface area contributed by atoms with Crippen LogP contribution < -0.4 is 10.1 Å². The second-order valence-corrected chi connectivity index (χ2v) is 6.71. The van der Waals surface area contributed by atoms with Crippen LogP contribution in [0.5, 0.6) is 5.75 Å². The molecule has 1 fully saturated rings. The molecule has 0 saturated heterocycles. The summed E-state index contributed by atoms with van der Waals surface area (Å²) in [4.78, 5) is 0. The fraction of sp³-hybridized carbons (Fsp3) is 0.625. The van der Waals surface area contributed by atoms with E-state index < -0.39 is 0 Å². The normalized spacial score (nSPS) is 14.8. The first kappa shape index (κ1) is 15.8. The molecular weight excluding hydrogens is 318 g/mol. The molecule has 1 aromatic rings. The third-order valence-corrected chi connectivity index (χ3v) is 4.02. The molecule has 0 radical (unpaired) electrons. The van der Waals surface area contributed by atoms with Gasteiger partial charge < -0.3 is 14.8 Å². The van der Waals surface area contributed by atoms with Crippen LogP contribution in [0, 0.1) is 11.8 Å². The highest BCUT2D eigenvalue weighted by Gasteiger charge is 2.21. The number of hydrogen-bond acceptors (Lipinski definition) is 3. The van der Waals surface area contributed by atoms with Crippen molar-refractivity contribution in [2.75, 3.05) is 19.9 Å². The molecule has 0 amide bonds. The lowest BCUT2D eigenvalue weighted by Gasteiger charge is -2.12. The van der Waals surface area contributed by atoms with E-state index in [4.69, 9.17) is 9.47 Å². The molecule has 0 bridgehead atoms. The van der Waals surface area contributed by atoms with Crippen LogP contribution in [0.1, 0.15) is 32.3 Å². The van der Waals surface area contributed by atoms with E-state index in [0.717, 1.165) is 35.8 Å². The van der Waals surface area contributed by atoms with Crippen molar-refractivity contribution in [3.8, 4) is 5.75 Å². The molecule has 1 N–H and O–H groups in total. The van der Waals surface area contributed by atoms with Crippen molar-refractivity contribution < 1.29 is 9.47 Å². The predicted molar refractivity (Wildman–Crippen MR) is 84.9 cm³/mol. The molecule has 0 heterocycles. The average Bonchev–Trinajstić information content (AvgIpc) is 3.21. The van der Waals surface area contributed by atoms with E-state index in [2.05, 4.69) is 41.2 Å². The van der Waals surface area contributed by atoms with E-state index in [0.29, 0.717) is 12.7 Å². The Kier molecular flexibility index (Phi) is 6.33. The minimum absolute atomic E-state index is 0.344. The van der Waals surface area contributed by atoms with Crippen LogP contribution in [-0.2, 0) is 11.3 Å². The average molecular weight is 342 g/mol. The van der Waals surface area contributed by atoms with Gasteiger partial charge in [0.15, 0.2) is 6.79 Å². The van der Waals surface area contributed by atoms with Crippen LogP contribution in [0.4, 0.5) is 0 Å². The van der Waals surface area contributed by atoms with Gasteiger partial charge in [-0.3, -0.25) is 0 Å². The Morgan fingerprint density at radius 3 is 2.85 bits per heavy atom. The third-order valence-electron chi connectivity index (χ3n) is 3.24. The smallest absolute Gasteiger partial charge is 0.189 e. The number of rotatable bonds is 9. The molecule has 0 unspecified atom stereocenters. The first-order chi connectivity index (χ1) is 9.65. The number of ether oxygens (including phenoxy) is 2. The van der Waals surface area contributed by atoms with Crippen LogP contribution in [0.15, 0.2) is 22.7 Å². The standard InChI is InChI=1S/C16H24BrNO2/c1-12(2)8-18-9-14-7-15(5-6-16(14)17)20-11-19-10-13-3-4-13/h5-7,12-13,18H,3-4,8-11H2,1-2H3. The molecule has 112 valence electrons. The summed E-state index contributed by atoms with van der Waals surface area (Å²) >= 11 is 3.58. The zero-order valence-corrected chi connectivity index (χ0v) is 13.9. The zero-order valence-electron chi connectivity index (χ0n) is 12.3. The van der Waals surface area contributed by atoms with E-state index in [9.17, 15) is 0 Å². The van der Waals surface area contributed by atoms with E-state index >= 15 is 0 Å². The maximum atomic E-state index is 5.64. The highest BCUT2D eigenvalue weighted by Crippen LogP contribution is 2.29. The summed E-state index contributed by atoms with van der Waals surface area (Å²) in [6.45, 7) is 7.45. The molecule has 3 nitrogen and oxygen atoms in total. The van der Waals surface area contributed by atoms with Crippen molar-refractivity contribution in [3.05, 3.63) is 28.2 Å². The first-order valence-corrected chi connectivity index (χ1v) is 8.14. The van der Waals surface area contributed by atoms with Crippen LogP contribution in [-0.4, -0.2) is 19.9 Å². The first-order valence-electron chi connectivity index (χ1n) is 7.35. The molecule has 0 spiro atoms. The largest absolute Gasteiger partial charge is 0.468 e. The quantitative estimate of drug-likeness (QED) is 0.544. The minimum Gasteiger partial charge on any atom is -0.468 e. The van der Waals surface area contributed by atoms with Gasteiger partial charge in [0.25, 0.3) is 0 Å². The Morgan fingerprint density at radius 2 is 2.15 bits per heavy atom. The fourth-order valence-corrected chi connectivity index (χ4v) is 2.27. The maximum absolute atomic E-state index is 5.64. The van der Waals surface area contributed by atoms with Crippen molar-refractivity contribution in [1.29, 1.82) is 0 Å². The molecule has 4 heteroatoms. The van der Waals surface area contributed by atoms with Gasteiger partial charge in [-0.1, -0.05) is 29.8 Å². The number of nitrogens with one attached hydrogen (secondary N) is 1. The van der Waals surface area contributed by atoms with Gasteiger partial charge in [-0.05, 0) is 55.0 Å². The Labute approximate surface area is 130 Å². The monoisotopic (exact) mass is 341 g/mol. The highest BCUT2D eigenvalue weighted by molar-refractivity contribution is 9.10. The molecule has 0 atom stereocenters. The summed E-state index contributed by atoms with van der Waals surface area (Å²) < 4.78 is 12.2. The molecule has 2 rings (SSSR count). The van der Waals surface area contributed by atoms with Crippen LogP contribution >= 0.6 is 15.9 Å². The molecule has 20 heavy (non-hydrogen) atoms. The van der Waals surface area contributed by atoms with E-state index in [-0.39, 0.29) is 0 Å². The van der Waals surface area contributed by atoms with Crippen LogP contribution in [0.2, 0.25) is 0 Å². The third kappa shape index (κ3) is 5.81. The fourth-order valence-electron chi connectivity index (χ4n) is 1.88. The maximum Gasteiger partial charge on any atom is 0.189 e. The SMILES string of the molecule is CC(C)CNCc1cc(OCOCC2CC2)ccc1Br. The number of benzene rings is 1. The minimum atomic E-state index is 0.344. The molecule has 1 saturated carbocycles. The number of hydrogen-bond donors (Lipinski definition) is 1. The summed E-state index contributed by atoms with van der Waals surface area (Å²) in [6.07, 6.45) is 2.62. The lowest BCUT2D eigenvalue weighted by molar-refractivity contribution is 0.00993. The molecule has 0 aromatic heterocycles. The summed E-state index contributed by atoms with van der Waals surface area (Å²) in [5.74, 6) is 2.30. The van der Waals surface area contributed by atoms with Crippen molar-refractivity contribution in [2.24, 2.45) is 11.8 Å². The Hall–Kier alpha value is -0.580. The van der Waals surface area contributed by atoms with E-state index in [1.165, 1.54) is 18.4 Å². The molecule has 1 aliphatic carbocycles. The Morgan fingerprint density at radius 1 is 1.35 bits per heavy atom. The highest BCUT2D eigenvalue weighted by atomic mass is 79.9. The molecule has 1 aromatic carbocycles. The van der Waals surface area contributed by atoms with Gasteiger partial charge in [0.2, 0.25) is 0 Å². The van der Waals surface area contributed by atoms with Crippen molar-refractivity contribution in [3.63, 3.8) is 0 Å². The van der Waals surface area contributed by atoms with Gasteiger partial charge in [-0.15, -0.1) is 0 Å². The lowest BCUT2D eigenvalue weighted by Crippen LogP contribution is -2.19. The summed E-state index contributed by atoms with van der Waals surface area (Å²) in [6, 6.07) is 6.07. The van der Waals surface area contributed by atoms with E-state index in [1.807, 2.05) is 12.1 Å². The lowest BCUT2D eigenvalue weighted by atomic mass is 10.2. The van der Waals surface area contributed by atoms with Crippen LogP contribution in [0.25, 0.3) is 0 Å². The van der Waals surface area contributed by atoms with Crippen molar-refractivity contribution in [1.82, 2.24) is 5.32 Å². The molecule has 0 aliphatic heterocycles. The second-order valence-electron chi connectivity index (χ2n) is 5.85.